The molecule has 11 heteroatoms. The number of piperazine rings is 1. The molecule has 3 aliphatic heterocycles. The fraction of sp³-hybridized carbons (Fsp3) is 0.462. The number of amides is 3. The van der Waals surface area contributed by atoms with E-state index in [-0.39, 0.29) is 24.0 Å². The molecule has 0 saturated carbocycles. The highest BCUT2D eigenvalue weighted by Crippen LogP contribution is 2.30. The number of carbonyl (C=O) groups is 2. The van der Waals surface area contributed by atoms with Crippen molar-refractivity contribution in [2.75, 3.05) is 68.5 Å². The maximum atomic E-state index is 13.3. The molecule has 0 aliphatic carbocycles. The van der Waals surface area contributed by atoms with Crippen LogP contribution in [-0.4, -0.2) is 102 Å². The van der Waals surface area contributed by atoms with Crippen molar-refractivity contribution in [2.24, 2.45) is 5.73 Å². The molecule has 2 atom stereocenters. The number of nitrogens with two attached hydrogens (primary N) is 1. The Bertz CT molecular complexity index is 1160. The quantitative estimate of drug-likeness (QED) is 0.587. The van der Waals surface area contributed by atoms with Gasteiger partial charge >= 0.3 is 6.03 Å². The molecule has 37 heavy (non-hydrogen) atoms. The summed E-state index contributed by atoms with van der Waals surface area (Å²) < 4.78 is 0. The molecule has 1 aromatic carbocycles. The average Bonchev–Trinajstić information content (AvgIpc) is 2.91. The molecule has 2 unspecified atom stereocenters. The summed E-state index contributed by atoms with van der Waals surface area (Å²) in [4.78, 5) is 44.2. The van der Waals surface area contributed by atoms with Crippen LogP contribution in [0.2, 0.25) is 0 Å². The molecule has 0 radical (unpaired) electrons. The Hall–Kier alpha value is -3.70. The average molecular weight is 506 g/mol. The molecular formula is C26H35N9O2. The van der Waals surface area contributed by atoms with Crippen molar-refractivity contribution in [3.05, 3.63) is 48.7 Å². The Morgan fingerprint density at radius 1 is 1.14 bits per heavy atom. The molecule has 0 spiro atoms. The zero-order chi connectivity index (χ0) is 26.1. The first-order chi connectivity index (χ1) is 17.8. The van der Waals surface area contributed by atoms with Gasteiger partial charge in [0.05, 0.1) is 12.6 Å². The predicted molar refractivity (Wildman–Crippen MR) is 144 cm³/mol. The SMILES string of the molecule is C=CC(=O)N1CCC(N2Cc3cnc(Nc4ccc(N5CCN(C)CC5)cc4)nc3N(C)C2=O)C(N)C1. The largest absolute Gasteiger partial charge is 0.369 e. The molecule has 11 nitrogen and oxygen atoms in total. The van der Waals surface area contributed by atoms with Crippen molar-refractivity contribution in [3.8, 4) is 0 Å². The van der Waals surface area contributed by atoms with Gasteiger partial charge in [-0.2, -0.15) is 4.98 Å². The Labute approximate surface area is 217 Å². The molecule has 0 bridgehead atoms. The molecule has 2 aromatic rings. The van der Waals surface area contributed by atoms with Gasteiger partial charge in [0.15, 0.2) is 0 Å². The number of anilines is 4. The second kappa shape index (κ2) is 10.3. The molecule has 196 valence electrons. The first-order valence-corrected chi connectivity index (χ1v) is 12.7. The zero-order valence-electron chi connectivity index (χ0n) is 21.5. The summed E-state index contributed by atoms with van der Waals surface area (Å²) in [6.07, 6.45) is 3.68. The summed E-state index contributed by atoms with van der Waals surface area (Å²) in [5.74, 6) is 0.886. The summed E-state index contributed by atoms with van der Waals surface area (Å²) in [7, 11) is 3.87. The lowest BCUT2D eigenvalue weighted by Gasteiger charge is -2.45. The van der Waals surface area contributed by atoms with Crippen molar-refractivity contribution in [2.45, 2.75) is 25.0 Å². The number of aromatic nitrogens is 2. The van der Waals surface area contributed by atoms with E-state index in [1.807, 2.05) is 12.1 Å². The smallest absolute Gasteiger partial charge is 0.326 e. The molecule has 5 rings (SSSR count). The number of piperidine rings is 1. The van der Waals surface area contributed by atoms with Crippen molar-refractivity contribution in [1.29, 1.82) is 0 Å². The van der Waals surface area contributed by atoms with Gasteiger partial charge in [0.2, 0.25) is 11.9 Å². The highest BCUT2D eigenvalue weighted by Gasteiger charge is 2.39. The number of hydrogen-bond acceptors (Lipinski definition) is 8. The van der Waals surface area contributed by atoms with Crippen LogP contribution in [0.15, 0.2) is 43.1 Å². The summed E-state index contributed by atoms with van der Waals surface area (Å²) in [5, 5.41) is 3.26. The van der Waals surface area contributed by atoms with Gasteiger partial charge in [-0.15, -0.1) is 0 Å². The number of nitrogens with one attached hydrogen (secondary N) is 1. The van der Waals surface area contributed by atoms with Crippen molar-refractivity contribution in [1.82, 2.24) is 24.7 Å². The minimum Gasteiger partial charge on any atom is -0.369 e. The number of fused-ring (bicyclic) bond motifs is 1. The molecule has 4 heterocycles. The maximum Gasteiger partial charge on any atom is 0.326 e. The topological polar surface area (TPSA) is 114 Å². The molecular weight excluding hydrogens is 470 g/mol. The zero-order valence-corrected chi connectivity index (χ0v) is 21.5. The van der Waals surface area contributed by atoms with Gasteiger partial charge in [-0.1, -0.05) is 6.58 Å². The molecule has 1 aromatic heterocycles. The van der Waals surface area contributed by atoms with E-state index in [0.29, 0.717) is 37.8 Å². The lowest BCUT2D eigenvalue weighted by molar-refractivity contribution is -0.127. The Morgan fingerprint density at radius 3 is 2.54 bits per heavy atom. The highest BCUT2D eigenvalue weighted by molar-refractivity contribution is 5.93. The van der Waals surface area contributed by atoms with E-state index in [9.17, 15) is 9.59 Å². The molecule has 2 saturated heterocycles. The van der Waals surface area contributed by atoms with Gasteiger partial charge in [0, 0.05) is 75.5 Å². The third kappa shape index (κ3) is 5.09. The standard InChI is InChI=1S/C26H35N9O2/c1-4-23(36)34-10-9-22(21(27)17-34)35-16-18-15-28-25(30-24(18)32(3)26(35)37)29-19-5-7-20(8-6-19)33-13-11-31(2)12-14-33/h4-8,15,21-22H,1,9-14,16-17,27H2,2-3H3,(H,28,29,30). The summed E-state index contributed by atoms with van der Waals surface area (Å²) >= 11 is 0. The van der Waals surface area contributed by atoms with Crippen LogP contribution in [-0.2, 0) is 11.3 Å². The Morgan fingerprint density at radius 2 is 1.86 bits per heavy atom. The van der Waals surface area contributed by atoms with Crippen molar-refractivity contribution < 1.29 is 9.59 Å². The molecule has 3 amide bonds. The van der Waals surface area contributed by atoms with E-state index in [0.717, 1.165) is 37.4 Å². The fourth-order valence-corrected chi connectivity index (χ4v) is 5.29. The third-order valence-electron chi connectivity index (χ3n) is 7.53. The van der Waals surface area contributed by atoms with E-state index in [1.54, 1.807) is 27.9 Å². The molecule has 3 N–H and O–H groups in total. The van der Waals surface area contributed by atoms with E-state index in [2.05, 4.69) is 50.8 Å². The normalized spacial score (nSPS) is 22.6. The van der Waals surface area contributed by atoms with Crippen LogP contribution in [0.25, 0.3) is 0 Å². The summed E-state index contributed by atoms with van der Waals surface area (Å²) in [6, 6.07) is 7.60. The van der Waals surface area contributed by atoms with Crippen molar-refractivity contribution in [3.63, 3.8) is 0 Å². The third-order valence-corrected chi connectivity index (χ3v) is 7.53. The van der Waals surface area contributed by atoms with Crippen LogP contribution in [0.3, 0.4) is 0 Å². The monoisotopic (exact) mass is 505 g/mol. The Kier molecular flexibility index (Phi) is 6.98. The van der Waals surface area contributed by atoms with Gasteiger partial charge in [-0.05, 0) is 43.8 Å². The minimum absolute atomic E-state index is 0.135. The van der Waals surface area contributed by atoms with Gasteiger partial charge in [0.25, 0.3) is 0 Å². The maximum absolute atomic E-state index is 13.3. The predicted octanol–water partition coefficient (Wildman–Crippen LogP) is 1.46. The number of likely N-dealkylation sites (tertiary alicyclic amines) is 1. The lowest BCUT2D eigenvalue weighted by atomic mass is 9.97. The second-order valence-corrected chi connectivity index (χ2v) is 9.98. The van der Waals surface area contributed by atoms with E-state index < -0.39 is 0 Å². The number of carbonyl (C=O) groups excluding carboxylic acids is 2. The molecule has 2 fully saturated rings. The number of likely N-dealkylation sites (N-methyl/N-ethyl adjacent to an activating group) is 1. The summed E-state index contributed by atoms with van der Waals surface area (Å²) in [6.45, 7) is 9.02. The number of urea groups is 1. The van der Waals surface area contributed by atoms with Crippen molar-refractivity contribution >= 4 is 35.1 Å². The fourth-order valence-electron chi connectivity index (χ4n) is 5.29. The number of benzene rings is 1. The van der Waals surface area contributed by atoms with E-state index in [1.165, 1.54) is 11.8 Å². The van der Waals surface area contributed by atoms with Crippen LogP contribution < -0.4 is 20.9 Å². The van der Waals surface area contributed by atoms with Crippen LogP contribution in [0.5, 0.6) is 0 Å². The molecule has 3 aliphatic rings. The van der Waals surface area contributed by atoms with E-state index >= 15 is 0 Å². The first-order valence-electron chi connectivity index (χ1n) is 12.7. The second-order valence-electron chi connectivity index (χ2n) is 9.98. The van der Waals surface area contributed by atoms with Gasteiger partial charge < -0.3 is 30.7 Å². The lowest BCUT2D eigenvalue weighted by Crippen LogP contribution is -2.62. The van der Waals surface area contributed by atoms with Gasteiger partial charge in [-0.3, -0.25) is 9.69 Å². The number of hydrogen-bond donors (Lipinski definition) is 2. The highest BCUT2D eigenvalue weighted by atomic mass is 16.2. The van der Waals surface area contributed by atoms with E-state index in [4.69, 9.17) is 5.73 Å². The van der Waals surface area contributed by atoms with Crippen LogP contribution >= 0.6 is 0 Å². The first kappa shape index (κ1) is 25.0. The summed E-state index contributed by atoms with van der Waals surface area (Å²) in [5.41, 5.74) is 9.35. The number of rotatable bonds is 5. The van der Waals surface area contributed by atoms with Crippen LogP contribution in [0.4, 0.5) is 27.9 Å². The number of nitrogens with zero attached hydrogens (tertiary/aromatic N) is 7. The van der Waals surface area contributed by atoms with Crippen LogP contribution in [0, 0.1) is 0 Å². The Balaban J connectivity index is 1.26. The van der Waals surface area contributed by atoms with Crippen LogP contribution in [0.1, 0.15) is 12.0 Å². The van der Waals surface area contributed by atoms with Gasteiger partial charge in [0.1, 0.15) is 5.82 Å². The van der Waals surface area contributed by atoms with Gasteiger partial charge in [-0.25, -0.2) is 9.78 Å². The minimum atomic E-state index is -0.341.